The highest BCUT2D eigenvalue weighted by Gasteiger charge is 2.22. The van der Waals surface area contributed by atoms with Gasteiger partial charge in [-0.05, 0) is 60.9 Å². The van der Waals surface area contributed by atoms with Crippen LogP contribution in [-0.2, 0) is 13.2 Å². The number of ether oxygens (including phenoxy) is 1. The standard InChI is InChI=1S/C27H29ClN2O2/c1-20-6-11-26(21(2)16-20)32-19-23-4-3-5-24(17-23)27(31)30-14-12-29(13-15-30)18-22-7-9-25(28)10-8-22/h3-11,16-17H,12-15,18-19H2,1-2H3. The molecule has 0 unspecified atom stereocenters. The van der Waals surface area contributed by atoms with Gasteiger partial charge in [-0.2, -0.15) is 0 Å². The molecule has 3 aromatic carbocycles. The highest BCUT2D eigenvalue weighted by molar-refractivity contribution is 6.30. The van der Waals surface area contributed by atoms with Gasteiger partial charge in [-0.3, -0.25) is 9.69 Å². The maximum atomic E-state index is 13.1. The summed E-state index contributed by atoms with van der Waals surface area (Å²) in [4.78, 5) is 17.4. The molecule has 1 aliphatic heterocycles. The number of amides is 1. The molecule has 0 spiro atoms. The Kier molecular flexibility index (Phi) is 7.13. The number of aryl methyl sites for hydroxylation is 2. The Labute approximate surface area is 195 Å². The van der Waals surface area contributed by atoms with Crippen LogP contribution in [0.1, 0.15) is 32.6 Å². The summed E-state index contributed by atoms with van der Waals surface area (Å²) in [5, 5.41) is 0.755. The number of hydrogen-bond acceptors (Lipinski definition) is 3. The van der Waals surface area contributed by atoms with Gasteiger partial charge in [0.05, 0.1) is 0 Å². The molecule has 4 nitrogen and oxygen atoms in total. The van der Waals surface area contributed by atoms with E-state index in [-0.39, 0.29) is 5.91 Å². The zero-order valence-corrected chi connectivity index (χ0v) is 19.4. The summed E-state index contributed by atoms with van der Waals surface area (Å²) < 4.78 is 6.00. The minimum atomic E-state index is 0.0875. The second kappa shape index (κ2) is 10.2. The van der Waals surface area contributed by atoms with E-state index in [2.05, 4.69) is 43.0 Å². The van der Waals surface area contributed by atoms with Crippen molar-refractivity contribution < 1.29 is 9.53 Å². The average molecular weight is 449 g/mol. The number of rotatable bonds is 6. The SMILES string of the molecule is Cc1ccc(OCc2cccc(C(=O)N3CCN(Cc4ccc(Cl)cc4)CC3)c2)c(C)c1. The lowest BCUT2D eigenvalue weighted by Crippen LogP contribution is -2.48. The molecule has 1 aliphatic rings. The summed E-state index contributed by atoms with van der Waals surface area (Å²) in [5.74, 6) is 0.966. The lowest BCUT2D eigenvalue weighted by molar-refractivity contribution is 0.0628. The molecule has 0 saturated carbocycles. The Morgan fingerprint density at radius 2 is 1.66 bits per heavy atom. The fourth-order valence-electron chi connectivity index (χ4n) is 4.06. The lowest BCUT2D eigenvalue weighted by atomic mass is 10.1. The summed E-state index contributed by atoms with van der Waals surface area (Å²) in [5.41, 5.74) is 5.30. The fourth-order valence-corrected chi connectivity index (χ4v) is 4.18. The molecule has 166 valence electrons. The highest BCUT2D eigenvalue weighted by atomic mass is 35.5. The van der Waals surface area contributed by atoms with Gasteiger partial charge >= 0.3 is 0 Å². The van der Waals surface area contributed by atoms with Crippen molar-refractivity contribution in [3.63, 3.8) is 0 Å². The van der Waals surface area contributed by atoms with Gasteiger partial charge in [0.1, 0.15) is 12.4 Å². The third-order valence-electron chi connectivity index (χ3n) is 5.88. The normalized spacial score (nSPS) is 14.4. The number of hydrogen-bond donors (Lipinski definition) is 0. The zero-order valence-electron chi connectivity index (χ0n) is 18.7. The van der Waals surface area contributed by atoms with Gasteiger partial charge in [0.25, 0.3) is 5.91 Å². The molecule has 1 amide bonds. The number of halogens is 1. The van der Waals surface area contributed by atoms with Crippen molar-refractivity contribution in [3.05, 3.63) is 99.6 Å². The van der Waals surface area contributed by atoms with Gasteiger partial charge in [0.2, 0.25) is 0 Å². The van der Waals surface area contributed by atoms with E-state index in [0.29, 0.717) is 6.61 Å². The molecule has 1 fully saturated rings. The number of carbonyl (C=O) groups is 1. The van der Waals surface area contributed by atoms with Gasteiger partial charge in [0.15, 0.2) is 0 Å². The number of piperazine rings is 1. The quantitative estimate of drug-likeness (QED) is 0.499. The Bertz CT molecular complexity index is 1070. The van der Waals surface area contributed by atoms with Crippen LogP contribution in [0.15, 0.2) is 66.7 Å². The van der Waals surface area contributed by atoms with E-state index < -0.39 is 0 Å². The topological polar surface area (TPSA) is 32.8 Å². The largest absolute Gasteiger partial charge is 0.489 e. The predicted molar refractivity (Wildman–Crippen MR) is 129 cm³/mol. The maximum Gasteiger partial charge on any atom is 0.253 e. The highest BCUT2D eigenvalue weighted by Crippen LogP contribution is 2.21. The van der Waals surface area contributed by atoms with E-state index in [1.807, 2.05) is 47.4 Å². The van der Waals surface area contributed by atoms with Gasteiger partial charge in [-0.15, -0.1) is 0 Å². The zero-order chi connectivity index (χ0) is 22.5. The predicted octanol–water partition coefficient (Wildman–Crippen LogP) is 5.49. The van der Waals surface area contributed by atoms with Gasteiger partial charge in [-0.25, -0.2) is 0 Å². The van der Waals surface area contributed by atoms with Crippen molar-refractivity contribution in [2.45, 2.75) is 27.0 Å². The van der Waals surface area contributed by atoms with E-state index in [4.69, 9.17) is 16.3 Å². The summed E-state index contributed by atoms with van der Waals surface area (Å²) >= 11 is 5.98. The van der Waals surface area contributed by atoms with Gasteiger partial charge in [-0.1, -0.05) is 53.6 Å². The van der Waals surface area contributed by atoms with Crippen molar-refractivity contribution >= 4 is 17.5 Å². The number of benzene rings is 3. The monoisotopic (exact) mass is 448 g/mol. The number of nitrogens with zero attached hydrogens (tertiary/aromatic N) is 2. The van der Waals surface area contributed by atoms with E-state index in [1.54, 1.807) is 0 Å². The fraction of sp³-hybridized carbons (Fsp3) is 0.296. The summed E-state index contributed by atoms with van der Waals surface area (Å²) in [6, 6.07) is 21.9. The third-order valence-corrected chi connectivity index (χ3v) is 6.13. The van der Waals surface area contributed by atoms with Crippen molar-refractivity contribution in [2.75, 3.05) is 26.2 Å². The molecule has 0 atom stereocenters. The van der Waals surface area contributed by atoms with Crippen LogP contribution in [0, 0.1) is 13.8 Å². The van der Waals surface area contributed by atoms with Crippen LogP contribution < -0.4 is 4.74 Å². The Morgan fingerprint density at radius 1 is 0.906 bits per heavy atom. The van der Waals surface area contributed by atoms with E-state index in [1.165, 1.54) is 11.1 Å². The van der Waals surface area contributed by atoms with E-state index in [9.17, 15) is 4.79 Å². The first-order valence-electron chi connectivity index (χ1n) is 11.0. The second-order valence-electron chi connectivity index (χ2n) is 8.45. The average Bonchev–Trinajstić information content (AvgIpc) is 2.80. The second-order valence-corrected chi connectivity index (χ2v) is 8.89. The Morgan fingerprint density at radius 3 is 2.38 bits per heavy atom. The lowest BCUT2D eigenvalue weighted by Gasteiger charge is -2.34. The minimum Gasteiger partial charge on any atom is -0.489 e. The smallest absolute Gasteiger partial charge is 0.253 e. The Hall–Kier alpha value is -2.82. The molecule has 1 saturated heterocycles. The van der Waals surface area contributed by atoms with Crippen LogP contribution in [0.5, 0.6) is 5.75 Å². The first-order valence-corrected chi connectivity index (χ1v) is 11.4. The van der Waals surface area contributed by atoms with Crippen LogP contribution in [0.3, 0.4) is 0 Å². The summed E-state index contributed by atoms with van der Waals surface area (Å²) in [6.45, 7) is 8.64. The first kappa shape index (κ1) is 22.4. The van der Waals surface area contributed by atoms with Crippen LogP contribution in [0.4, 0.5) is 0 Å². The molecule has 0 bridgehead atoms. The van der Waals surface area contributed by atoms with Crippen LogP contribution >= 0.6 is 11.6 Å². The van der Waals surface area contributed by atoms with Crippen molar-refractivity contribution in [3.8, 4) is 5.75 Å². The van der Waals surface area contributed by atoms with Gasteiger partial charge < -0.3 is 9.64 Å². The maximum absolute atomic E-state index is 13.1. The van der Waals surface area contributed by atoms with Crippen LogP contribution in [0.25, 0.3) is 0 Å². The Balaban J connectivity index is 1.32. The molecule has 1 heterocycles. The van der Waals surface area contributed by atoms with Crippen LogP contribution in [0.2, 0.25) is 5.02 Å². The molecule has 4 rings (SSSR count). The summed E-state index contributed by atoms with van der Waals surface area (Å²) in [6.07, 6.45) is 0. The molecule has 0 aromatic heterocycles. The van der Waals surface area contributed by atoms with Crippen molar-refractivity contribution in [1.82, 2.24) is 9.80 Å². The minimum absolute atomic E-state index is 0.0875. The molecule has 0 aliphatic carbocycles. The summed E-state index contributed by atoms with van der Waals surface area (Å²) in [7, 11) is 0. The molecule has 5 heteroatoms. The van der Waals surface area contributed by atoms with Crippen LogP contribution in [-0.4, -0.2) is 41.9 Å². The van der Waals surface area contributed by atoms with Crippen molar-refractivity contribution in [1.29, 1.82) is 0 Å². The molecule has 32 heavy (non-hydrogen) atoms. The molecular formula is C27H29ClN2O2. The van der Waals surface area contributed by atoms with E-state index >= 15 is 0 Å². The van der Waals surface area contributed by atoms with Crippen molar-refractivity contribution in [2.24, 2.45) is 0 Å². The van der Waals surface area contributed by atoms with Gasteiger partial charge in [0, 0.05) is 43.3 Å². The number of carbonyl (C=O) groups excluding carboxylic acids is 1. The molecular weight excluding hydrogens is 420 g/mol. The molecule has 0 radical (unpaired) electrons. The third kappa shape index (κ3) is 5.70. The molecule has 0 N–H and O–H groups in total. The first-order chi connectivity index (χ1) is 15.5. The molecule has 3 aromatic rings. The van der Waals surface area contributed by atoms with E-state index in [0.717, 1.165) is 60.2 Å².